The van der Waals surface area contributed by atoms with E-state index in [2.05, 4.69) is 14.9 Å². The Morgan fingerprint density at radius 2 is 1.78 bits per heavy atom. The third-order valence-corrected chi connectivity index (χ3v) is 4.90. The van der Waals surface area contributed by atoms with E-state index < -0.39 is 0 Å². The summed E-state index contributed by atoms with van der Waals surface area (Å²) in [6.07, 6.45) is 0. The molecule has 1 amide bonds. The fraction of sp³-hybridized carbons (Fsp3) is 0.238. The Hall–Kier alpha value is -3.28. The van der Waals surface area contributed by atoms with Gasteiger partial charge in [-0.1, -0.05) is 36.4 Å². The molecule has 1 aliphatic rings. The third-order valence-electron chi connectivity index (χ3n) is 4.90. The Bertz CT molecular complexity index is 944. The summed E-state index contributed by atoms with van der Waals surface area (Å²) in [7, 11) is 0. The van der Waals surface area contributed by atoms with Crippen LogP contribution in [0.3, 0.4) is 0 Å². The van der Waals surface area contributed by atoms with Crippen molar-refractivity contribution >= 4 is 11.6 Å². The van der Waals surface area contributed by atoms with Crippen LogP contribution in [-0.4, -0.2) is 52.1 Å². The van der Waals surface area contributed by atoms with Gasteiger partial charge < -0.3 is 19.9 Å². The number of anilines is 1. The number of amides is 1. The minimum atomic E-state index is -0.0403. The molecule has 0 saturated carbocycles. The summed E-state index contributed by atoms with van der Waals surface area (Å²) in [4.78, 5) is 24.7. The minimum absolute atomic E-state index is 0.0403. The third kappa shape index (κ3) is 3.51. The molecule has 2 heterocycles. The van der Waals surface area contributed by atoms with Crippen molar-refractivity contribution in [2.24, 2.45) is 0 Å². The van der Waals surface area contributed by atoms with E-state index in [9.17, 15) is 9.90 Å². The van der Waals surface area contributed by atoms with Crippen molar-refractivity contribution in [3.05, 3.63) is 66.0 Å². The normalized spacial score (nSPS) is 14.4. The predicted octanol–water partition coefficient (Wildman–Crippen LogP) is 3.05. The molecule has 0 spiro atoms. The maximum atomic E-state index is 12.9. The van der Waals surface area contributed by atoms with Gasteiger partial charge in [0.1, 0.15) is 17.3 Å². The average molecular weight is 362 g/mol. The summed E-state index contributed by atoms with van der Waals surface area (Å²) < 4.78 is 0. The molecule has 6 nitrogen and oxygen atoms in total. The number of H-pyrrole nitrogens is 1. The highest BCUT2D eigenvalue weighted by atomic mass is 16.3. The van der Waals surface area contributed by atoms with Crippen molar-refractivity contribution in [3.63, 3.8) is 0 Å². The molecule has 2 aromatic carbocycles. The minimum Gasteiger partial charge on any atom is -0.508 e. The van der Waals surface area contributed by atoms with Crippen LogP contribution in [0.15, 0.2) is 54.6 Å². The van der Waals surface area contributed by atoms with Gasteiger partial charge in [-0.15, -0.1) is 0 Å². The predicted molar refractivity (Wildman–Crippen MR) is 105 cm³/mol. The van der Waals surface area contributed by atoms with E-state index in [1.165, 1.54) is 0 Å². The number of hydrogen-bond acceptors (Lipinski definition) is 4. The number of benzene rings is 2. The first-order valence-corrected chi connectivity index (χ1v) is 9.07. The molecule has 0 atom stereocenters. The number of aryl methyl sites for hydroxylation is 1. The van der Waals surface area contributed by atoms with Gasteiger partial charge in [-0.3, -0.25) is 4.79 Å². The lowest BCUT2D eigenvalue weighted by atomic mass is 10.2. The molecule has 1 aliphatic heterocycles. The highest BCUT2D eigenvalue weighted by molar-refractivity contribution is 5.94. The number of nitrogens with zero attached hydrogens (tertiary/aromatic N) is 3. The molecule has 2 N–H and O–H groups in total. The van der Waals surface area contributed by atoms with Gasteiger partial charge in [0.15, 0.2) is 0 Å². The first kappa shape index (κ1) is 17.1. The van der Waals surface area contributed by atoms with Crippen LogP contribution in [-0.2, 0) is 0 Å². The quantitative estimate of drug-likeness (QED) is 0.751. The number of phenols is 1. The smallest absolute Gasteiger partial charge is 0.274 e. The number of aromatic amines is 1. The molecule has 3 aromatic rings. The number of aromatic nitrogens is 2. The zero-order valence-electron chi connectivity index (χ0n) is 15.2. The van der Waals surface area contributed by atoms with Gasteiger partial charge >= 0.3 is 0 Å². The molecule has 1 fully saturated rings. The van der Waals surface area contributed by atoms with Gasteiger partial charge in [0.25, 0.3) is 5.91 Å². The Labute approximate surface area is 158 Å². The molecular weight excluding hydrogens is 340 g/mol. The largest absolute Gasteiger partial charge is 0.508 e. The molecule has 138 valence electrons. The van der Waals surface area contributed by atoms with Crippen LogP contribution in [0.25, 0.3) is 11.4 Å². The molecular formula is C21H22N4O2. The van der Waals surface area contributed by atoms with Gasteiger partial charge in [0, 0.05) is 49.2 Å². The summed E-state index contributed by atoms with van der Waals surface area (Å²) in [6.45, 7) is 4.59. The summed E-state index contributed by atoms with van der Waals surface area (Å²) in [5, 5.41) is 9.66. The summed E-state index contributed by atoms with van der Waals surface area (Å²) in [5.41, 5.74) is 3.21. The lowest BCUT2D eigenvalue weighted by Gasteiger charge is -2.36. The monoisotopic (exact) mass is 362 g/mol. The average Bonchev–Trinajstić information content (AvgIpc) is 3.10. The number of carbonyl (C=O) groups excluding carboxylic acids is 1. The highest BCUT2D eigenvalue weighted by Gasteiger charge is 2.25. The molecule has 0 aliphatic carbocycles. The van der Waals surface area contributed by atoms with Gasteiger partial charge in [0.2, 0.25) is 0 Å². The number of carbonyl (C=O) groups is 1. The second-order valence-corrected chi connectivity index (χ2v) is 6.72. The van der Waals surface area contributed by atoms with E-state index in [1.807, 2.05) is 54.3 Å². The number of imidazole rings is 1. The molecule has 27 heavy (non-hydrogen) atoms. The van der Waals surface area contributed by atoms with Crippen molar-refractivity contribution < 1.29 is 9.90 Å². The number of hydrogen-bond donors (Lipinski definition) is 2. The van der Waals surface area contributed by atoms with Crippen LogP contribution in [0.5, 0.6) is 5.75 Å². The first-order valence-electron chi connectivity index (χ1n) is 9.07. The van der Waals surface area contributed by atoms with Crippen molar-refractivity contribution in [1.29, 1.82) is 0 Å². The Balaban J connectivity index is 1.46. The van der Waals surface area contributed by atoms with E-state index in [0.717, 1.165) is 35.9 Å². The molecule has 0 unspecified atom stereocenters. The maximum Gasteiger partial charge on any atom is 0.274 e. The van der Waals surface area contributed by atoms with Gasteiger partial charge in [0.05, 0.1) is 0 Å². The number of rotatable bonds is 3. The Kier molecular flexibility index (Phi) is 4.54. The summed E-state index contributed by atoms with van der Waals surface area (Å²) >= 11 is 0. The molecule has 6 heteroatoms. The molecule has 0 bridgehead atoms. The first-order chi connectivity index (χ1) is 13.1. The SMILES string of the molecule is Cc1[nH]c(-c2ccccc2)nc1C(=O)N1CCN(c2cccc(O)c2)CC1. The van der Waals surface area contributed by atoms with E-state index >= 15 is 0 Å². The molecule has 1 saturated heterocycles. The van der Waals surface area contributed by atoms with Crippen molar-refractivity contribution in [2.75, 3.05) is 31.1 Å². The van der Waals surface area contributed by atoms with Crippen LogP contribution in [0.4, 0.5) is 5.69 Å². The van der Waals surface area contributed by atoms with Gasteiger partial charge in [-0.2, -0.15) is 0 Å². The van der Waals surface area contributed by atoms with Gasteiger partial charge in [-0.05, 0) is 19.1 Å². The van der Waals surface area contributed by atoms with Crippen LogP contribution >= 0.6 is 0 Å². The number of piperazine rings is 1. The van der Waals surface area contributed by atoms with Crippen LogP contribution < -0.4 is 4.90 Å². The van der Waals surface area contributed by atoms with E-state index in [-0.39, 0.29) is 11.7 Å². The van der Waals surface area contributed by atoms with Gasteiger partial charge in [-0.25, -0.2) is 4.98 Å². The topological polar surface area (TPSA) is 72.5 Å². The van der Waals surface area contributed by atoms with Crippen molar-refractivity contribution in [3.8, 4) is 17.1 Å². The van der Waals surface area contributed by atoms with Crippen LogP contribution in [0.2, 0.25) is 0 Å². The zero-order chi connectivity index (χ0) is 18.8. The molecule has 1 aromatic heterocycles. The van der Waals surface area contributed by atoms with E-state index in [0.29, 0.717) is 18.8 Å². The number of phenolic OH excluding ortho intramolecular Hbond substituents is 1. The molecule has 0 radical (unpaired) electrons. The van der Waals surface area contributed by atoms with E-state index in [1.54, 1.807) is 12.1 Å². The molecule has 4 rings (SSSR count). The maximum absolute atomic E-state index is 12.9. The lowest BCUT2D eigenvalue weighted by Crippen LogP contribution is -2.49. The fourth-order valence-electron chi connectivity index (χ4n) is 3.41. The Morgan fingerprint density at radius 1 is 1.04 bits per heavy atom. The van der Waals surface area contributed by atoms with Crippen molar-refractivity contribution in [2.45, 2.75) is 6.92 Å². The van der Waals surface area contributed by atoms with Crippen LogP contribution in [0.1, 0.15) is 16.2 Å². The van der Waals surface area contributed by atoms with E-state index in [4.69, 9.17) is 0 Å². The zero-order valence-corrected chi connectivity index (χ0v) is 15.2. The summed E-state index contributed by atoms with van der Waals surface area (Å²) in [5.74, 6) is 0.933. The van der Waals surface area contributed by atoms with Crippen LogP contribution in [0, 0.1) is 6.92 Å². The highest BCUT2D eigenvalue weighted by Crippen LogP contribution is 2.23. The number of nitrogens with one attached hydrogen (secondary N) is 1. The Morgan fingerprint density at radius 3 is 2.48 bits per heavy atom. The van der Waals surface area contributed by atoms with Crippen molar-refractivity contribution in [1.82, 2.24) is 14.9 Å². The summed E-state index contributed by atoms with van der Waals surface area (Å²) in [6, 6.07) is 17.0. The second-order valence-electron chi connectivity index (χ2n) is 6.72. The number of aromatic hydroxyl groups is 1. The second kappa shape index (κ2) is 7.15. The lowest BCUT2D eigenvalue weighted by molar-refractivity contribution is 0.0740. The fourth-order valence-corrected chi connectivity index (χ4v) is 3.41. The standard InChI is InChI=1S/C21H22N4O2/c1-15-19(23-20(22-15)16-6-3-2-4-7-16)21(27)25-12-10-24(11-13-25)17-8-5-9-18(26)14-17/h2-9,14,26H,10-13H2,1H3,(H,22,23).